The molecule has 31 heavy (non-hydrogen) atoms. The Morgan fingerprint density at radius 2 is 1.84 bits per heavy atom. The van der Waals surface area contributed by atoms with Crippen LogP contribution >= 0.6 is 0 Å². The number of hydrogen-bond acceptors (Lipinski definition) is 3. The molecule has 0 radical (unpaired) electrons. The smallest absolute Gasteiger partial charge is 0.370 e. The average Bonchev–Trinajstić information content (AvgIpc) is 3.42. The summed E-state index contributed by atoms with van der Waals surface area (Å²) in [5.74, 6) is -1.99. The maximum absolute atomic E-state index is 14.0. The molecular weight excluding hydrogens is 417 g/mol. The molecule has 0 spiro atoms. The Morgan fingerprint density at radius 1 is 1.16 bits per heavy atom. The van der Waals surface area contributed by atoms with Crippen LogP contribution in [0.15, 0.2) is 24.4 Å². The molecule has 1 aromatic carbocycles. The van der Waals surface area contributed by atoms with Gasteiger partial charge in [-0.2, -0.15) is 13.2 Å². The zero-order chi connectivity index (χ0) is 22.3. The molecule has 166 valence electrons. The molecule has 4 rings (SSSR count). The Morgan fingerprint density at radius 3 is 2.39 bits per heavy atom. The van der Waals surface area contributed by atoms with Crippen LogP contribution in [0.4, 0.5) is 27.6 Å². The molecule has 2 aliphatic rings. The molecule has 2 fully saturated rings. The first-order valence-electron chi connectivity index (χ1n) is 10.2. The van der Waals surface area contributed by atoms with Gasteiger partial charge in [0.05, 0.1) is 11.3 Å². The highest BCUT2D eigenvalue weighted by Gasteiger charge is 2.40. The largest absolute Gasteiger partial charge is 0.434 e. The van der Waals surface area contributed by atoms with Crippen molar-refractivity contribution in [3.05, 3.63) is 47.3 Å². The van der Waals surface area contributed by atoms with Crippen molar-refractivity contribution < 1.29 is 26.7 Å². The summed E-state index contributed by atoms with van der Waals surface area (Å²) in [6.07, 6.45) is -1.24. The Bertz CT molecular complexity index is 983. The Balaban J connectivity index is 1.93. The van der Waals surface area contributed by atoms with Crippen LogP contribution < -0.4 is 10.2 Å². The molecule has 1 aliphatic heterocycles. The summed E-state index contributed by atoms with van der Waals surface area (Å²) in [5, 5.41) is 2.76. The third-order valence-electron chi connectivity index (χ3n) is 5.70. The van der Waals surface area contributed by atoms with E-state index in [1.807, 2.05) is 6.92 Å². The highest BCUT2D eigenvalue weighted by molar-refractivity contribution is 6.03. The lowest BCUT2D eigenvalue weighted by atomic mass is 9.97. The average molecular weight is 439 g/mol. The number of nitrogens with zero attached hydrogens (tertiary/aromatic N) is 2. The zero-order valence-electron chi connectivity index (χ0n) is 16.9. The standard InChI is InChI=1S/C22H22F5N3O/c1-12-4-5-30(11-12)19-17(21(31)29-9-13-2-3-13)10-28-20(22(25,26)27)18(19)14-6-15(23)8-16(24)7-14/h6-8,10,12-13H,2-5,9,11H2,1H3,(H,29,31). The summed E-state index contributed by atoms with van der Waals surface area (Å²) < 4.78 is 69.6. The van der Waals surface area contributed by atoms with E-state index in [4.69, 9.17) is 0 Å². The van der Waals surface area contributed by atoms with E-state index in [-0.39, 0.29) is 22.7 Å². The van der Waals surface area contributed by atoms with Crippen LogP contribution in [0, 0.1) is 23.5 Å². The minimum absolute atomic E-state index is 0.0185. The van der Waals surface area contributed by atoms with Crippen molar-refractivity contribution in [1.82, 2.24) is 10.3 Å². The van der Waals surface area contributed by atoms with Gasteiger partial charge in [-0.25, -0.2) is 8.78 Å². The fraction of sp³-hybridized carbons (Fsp3) is 0.455. The van der Waals surface area contributed by atoms with Crippen LogP contribution in [0.2, 0.25) is 0 Å². The van der Waals surface area contributed by atoms with Crippen LogP contribution in [0.25, 0.3) is 11.1 Å². The highest BCUT2D eigenvalue weighted by Crippen LogP contribution is 2.44. The number of aromatic nitrogens is 1. The van der Waals surface area contributed by atoms with Crippen molar-refractivity contribution in [2.45, 2.75) is 32.4 Å². The molecule has 1 amide bonds. The SMILES string of the molecule is CC1CCN(c2c(C(=O)NCC3CC3)cnc(C(F)(F)F)c2-c2cc(F)cc(F)c2)C1. The fourth-order valence-electron chi connectivity index (χ4n) is 3.98. The summed E-state index contributed by atoms with van der Waals surface area (Å²) in [7, 11) is 0. The van der Waals surface area contributed by atoms with Gasteiger partial charge in [0.1, 0.15) is 11.6 Å². The molecular formula is C22H22F5N3O. The van der Waals surface area contributed by atoms with E-state index in [0.29, 0.717) is 31.6 Å². The fourth-order valence-corrected chi connectivity index (χ4v) is 3.98. The lowest BCUT2D eigenvalue weighted by molar-refractivity contribution is -0.140. The van der Waals surface area contributed by atoms with Crippen molar-refractivity contribution in [2.75, 3.05) is 24.5 Å². The highest BCUT2D eigenvalue weighted by atomic mass is 19.4. The van der Waals surface area contributed by atoms with Gasteiger partial charge in [-0.3, -0.25) is 9.78 Å². The quantitative estimate of drug-likeness (QED) is 0.665. The maximum Gasteiger partial charge on any atom is 0.434 e. The molecule has 1 unspecified atom stereocenters. The number of pyridine rings is 1. The van der Waals surface area contributed by atoms with Crippen LogP contribution in [-0.4, -0.2) is 30.5 Å². The number of benzene rings is 1. The van der Waals surface area contributed by atoms with Gasteiger partial charge in [-0.1, -0.05) is 6.92 Å². The van der Waals surface area contributed by atoms with Crippen LogP contribution in [0.5, 0.6) is 0 Å². The second kappa shape index (κ2) is 8.09. The van der Waals surface area contributed by atoms with E-state index < -0.39 is 35.0 Å². The van der Waals surface area contributed by atoms with Crippen molar-refractivity contribution in [1.29, 1.82) is 0 Å². The zero-order valence-corrected chi connectivity index (χ0v) is 16.9. The minimum atomic E-state index is -4.87. The molecule has 1 aliphatic carbocycles. The third kappa shape index (κ3) is 4.65. The van der Waals surface area contributed by atoms with Gasteiger partial charge >= 0.3 is 6.18 Å². The molecule has 0 bridgehead atoms. The topological polar surface area (TPSA) is 45.2 Å². The summed E-state index contributed by atoms with van der Waals surface area (Å²) >= 11 is 0. The molecule has 1 saturated carbocycles. The van der Waals surface area contributed by atoms with Crippen molar-refractivity contribution in [2.24, 2.45) is 11.8 Å². The second-order valence-corrected chi connectivity index (χ2v) is 8.39. The molecule has 1 saturated heterocycles. The molecule has 2 heterocycles. The maximum atomic E-state index is 14.0. The van der Waals surface area contributed by atoms with E-state index in [0.717, 1.165) is 37.6 Å². The first-order chi connectivity index (χ1) is 14.6. The monoisotopic (exact) mass is 439 g/mol. The van der Waals surface area contributed by atoms with E-state index in [9.17, 15) is 26.7 Å². The van der Waals surface area contributed by atoms with Crippen molar-refractivity contribution in [3.63, 3.8) is 0 Å². The van der Waals surface area contributed by atoms with Crippen LogP contribution in [-0.2, 0) is 6.18 Å². The van der Waals surface area contributed by atoms with E-state index in [1.165, 1.54) is 0 Å². The summed E-state index contributed by atoms with van der Waals surface area (Å²) in [6, 6.07) is 2.27. The number of hydrogen-bond donors (Lipinski definition) is 1. The lowest BCUT2D eigenvalue weighted by Gasteiger charge is -2.27. The molecule has 4 nitrogen and oxygen atoms in total. The third-order valence-corrected chi connectivity index (χ3v) is 5.70. The van der Waals surface area contributed by atoms with Gasteiger partial charge in [0, 0.05) is 37.5 Å². The van der Waals surface area contributed by atoms with E-state index >= 15 is 0 Å². The van der Waals surface area contributed by atoms with Gasteiger partial charge in [0.25, 0.3) is 5.91 Å². The minimum Gasteiger partial charge on any atom is -0.370 e. The molecule has 1 atom stereocenters. The second-order valence-electron chi connectivity index (χ2n) is 8.39. The molecule has 1 N–H and O–H groups in total. The van der Waals surface area contributed by atoms with Crippen molar-refractivity contribution >= 4 is 11.6 Å². The number of anilines is 1. The number of rotatable bonds is 5. The van der Waals surface area contributed by atoms with E-state index in [1.54, 1.807) is 4.90 Å². The molecule has 1 aromatic heterocycles. The lowest BCUT2D eigenvalue weighted by Crippen LogP contribution is -2.30. The number of nitrogens with one attached hydrogen (secondary N) is 1. The van der Waals surface area contributed by atoms with Gasteiger partial charge in [0.2, 0.25) is 0 Å². The predicted molar refractivity (Wildman–Crippen MR) is 106 cm³/mol. The van der Waals surface area contributed by atoms with Gasteiger partial charge in [0.15, 0.2) is 5.69 Å². The van der Waals surface area contributed by atoms with Gasteiger partial charge in [-0.15, -0.1) is 0 Å². The number of carbonyl (C=O) groups is 1. The number of alkyl halides is 3. The molecule has 9 heteroatoms. The first-order valence-corrected chi connectivity index (χ1v) is 10.2. The Labute approximate surface area is 176 Å². The van der Waals surface area contributed by atoms with Gasteiger partial charge < -0.3 is 10.2 Å². The van der Waals surface area contributed by atoms with Gasteiger partial charge in [-0.05, 0) is 48.8 Å². The number of carbonyl (C=O) groups excluding carboxylic acids is 1. The van der Waals surface area contributed by atoms with Crippen LogP contribution in [0.1, 0.15) is 42.2 Å². The molecule has 2 aromatic rings. The number of halogens is 5. The summed E-state index contributed by atoms with van der Waals surface area (Å²) in [6.45, 7) is 3.24. The van der Waals surface area contributed by atoms with E-state index in [2.05, 4.69) is 10.3 Å². The number of amides is 1. The summed E-state index contributed by atoms with van der Waals surface area (Å²) in [5.41, 5.74) is -2.05. The Kier molecular flexibility index (Phi) is 5.61. The van der Waals surface area contributed by atoms with Crippen molar-refractivity contribution in [3.8, 4) is 11.1 Å². The first kappa shape index (κ1) is 21.5. The summed E-state index contributed by atoms with van der Waals surface area (Å²) in [4.78, 5) is 18.1. The Hall–Kier alpha value is -2.71. The predicted octanol–water partition coefficient (Wildman–Crippen LogP) is 5.03. The van der Waals surface area contributed by atoms with Crippen LogP contribution in [0.3, 0.4) is 0 Å². The normalized spacial score (nSPS) is 19.0.